The molecule has 2 rings (SSSR count). The molecule has 0 bridgehead atoms. The van der Waals surface area contributed by atoms with E-state index in [0.717, 1.165) is 31.5 Å². The average molecular weight is 309 g/mol. The predicted molar refractivity (Wildman–Crippen MR) is 73.0 cm³/mol. The molecule has 0 saturated carbocycles. The minimum absolute atomic E-state index is 0. The van der Waals surface area contributed by atoms with Crippen LogP contribution in [0.15, 0.2) is 24.3 Å². The van der Waals surface area contributed by atoms with E-state index in [-0.39, 0.29) is 30.0 Å². The molecule has 20 heavy (non-hydrogen) atoms. The van der Waals surface area contributed by atoms with Gasteiger partial charge in [-0.1, -0.05) is 12.5 Å². The topological polar surface area (TPSA) is 41.1 Å². The third-order valence-electron chi connectivity index (χ3n) is 3.08. The second-order valence-electron chi connectivity index (χ2n) is 4.57. The van der Waals surface area contributed by atoms with Crippen molar-refractivity contribution in [1.29, 1.82) is 0 Å². The first-order valence-electron chi connectivity index (χ1n) is 6.18. The SMILES string of the molecule is Cl.O=C(Nc1cccc(C(F)(F)F)c1)[C@@H]1CCCCN1. The third-order valence-corrected chi connectivity index (χ3v) is 3.08. The van der Waals surface area contributed by atoms with Gasteiger partial charge in [-0.3, -0.25) is 4.79 Å². The van der Waals surface area contributed by atoms with Gasteiger partial charge in [-0.15, -0.1) is 12.4 Å². The molecule has 1 heterocycles. The molecule has 0 radical (unpaired) electrons. The van der Waals surface area contributed by atoms with Crippen LogP contribution < -0.4 is 10.6 Å². The zero-order valence-corrected chi connectivity index (χ0v) is 11.5. The quantitative estimate of drug-likeness (QED) is 0.881. The molecule has 7 heteroatoms. The zero-order valence-electron chi connectivity index (χ0n) is 10.7. The largest absolute Gasteiger partial charge is 0.416 e. The average Bonchev–Trinajstić information content (AvgIpc) is 2.39. The molecule has 112 valence electrons. The van der Waals surface area contributed by atoms with Crippen LogP contribution in [0.2, 0.25) is 0 Å². The first-order valence-corrected chi connectivity index (χ1v) is 6.18. The van der Waals surface area contributed by atoms with Gasteiger partial charge in [0.15, 0.2) is 0 Å². The highest BCUT2D eigenvalue weighted by atomic mass is 35.5. The van der Waals surface area contributed by atoms with Crippen LogP contribution in [0, 0.1) is 0 Å². The number of hydrogen-bond donors (Lipinski definition) is 2. The maximum absolute atomic E-state index is 12.5. The summed E-state index contributed by atoms with van der Waals surface area (Å²) in [5.74, 6) is -0.279. The van der Waals surface area contributed by atoms with Gasteiger partial charge >= 0.3 is 6.18 Å². The Hall–Kier alpha value is -1.27. The lowest BCUT2D eigenvalue weighted by Gasteiger charge is -2.22. The Bertz CT molecular complexity index is 459. The molecule has 1 aromatic rings. The number of benzene rings is 1. The fraction of sp³-hybridized carbons (Fsp3) is 0.462. The summed E-state index contributed by atoms with van der Waals surface area (Å²) in [6, 6.07) is 4.35. The molecule has 1 amide bonds. The van der Waals surface area contributed by atoms with Crippen molar-refractivity contribution in [1.82, 2.24) is 5.32 Å². The molecule has 1 fully saturated rings. The van der Waals surface area contributed by atoms with Crippen LogP contribution in [-0.4, -0.2) is 18.5 Å². The minimum Gasteiger partial charge on any atom is -0.325 e. The molecule has 3 nitrogen and oxygen atoms in total. The molecule has 1 atom stereocenters. The Morgan fingerprint density at radius 2 is 2.05 bits per heavy atom. The van der Waals surface area contributed by atoms with E-state index in [2.05, 4.69) is 10.6 Å². The predicted octanol–water partition coefficient (Wildman–Crippen LogP) is 3.21. The Kier molecular flexibility index (Phi) is 5.83. The lowest BCUT2D eigenvalue weighted by molar-refractivity contribution is -0.137. The fourth-order valence-electron chi connectivity index (χ4n) is 2.08. The molecule has 2 N–H and O–H groups in total. The van der Waals surface area contributed by atoms with Gasteiger partial charge in [-0.05, 0) is 37.6 Å². The van der Waals surface area contributed by atoms with Gasteiger partial charge in [0.05, 0.1) is 11.6 Å². The Balaban J connectivity index is 0.00000200. The molecule has 0 aromatic heterocycles. The van der Waals surface area contributed by atoms with Gasteiger partial charge in [0, 0.05) is 5.69 Å². The van der Waals surface area contributed by atoms with Gasteiger partial charge in [0.2, 0.25) is 5.91 Å². The third kappa shape index (κ3) is 4.38. The second-order valence-corrected chi connectivity index (χ2v) is 4.57. The van der Waals surface area contributed by atoms with Crippen LogP contribution in [0.5, 0.6) is 0 Å². The molecule has 0 unspecified atom stereocenters. The molecule has 0 aliphatic carbocycles. The van der Waals surface area contributed by atoms with E-state index in [1.54, 1.807) is 0 Å². The summed E-state index contributed by atoms with van der Waals surface area (Å²) in [4.78, 5) is 11.9. The smallest absolute Gasteiger partial charge is 0.325 e. The van der Waals surface area contributed by atoms with Gasteiger partial charge in [0.1, 0.15) is 0 Å². The minimum atomic E-state index is -4.40. The van der Waals surface area contributed by atoms with Gasteiger partial charge < -0.3 is 10.6 Å². The van der Waals surface area contributed by atoms with Crippen molar-refractivity contribution in [3.8, 4) is 0 Å². The molecule has 1 saturated heterocycles. The first-order chi connectivity index (χ1) is 8.97. The number of rotatable bonds is 2. The Morgan fingerprint density at radius 1 is 1.30 bits per heavy atom. The van der Waals surface area contributed by atoms with E-state index in [9.17, 15) is 18.0 Å². The summed E-state index contributed by atoms with van der Waals surface area (Å²) in [6.07, 6.45) is -1.71. The van der Waals surface area contributed by atoms with Gasteiger partial charge in [0.25, 0.3) is 0 Å². The van der Waals surface area contributed by atoms with Crippen molar-refractivity contribution in [3.05, 3.63) is 29.8 Å². The lowest BCUT2D eigenvalue weighted by Crippen LogP contribution is -2.43. The summed E-state index contributed by atoms with van der Waals surface area (Å²) < 4.78 is 37.6. The summed E-state index contributed by atoms with van der Waals surface area (Å²) in [5.41, 5.74) is -0.589. The zero-order chi connectivity index (χ0) is 13.9. The summed E-state index contributed by atoms with van der Waals surface area (Å²) in [5, 5.41) is 5.57. The van der Waals surface area contributed by atoms with Crippen molar-refractivity contribution in [2.24, 2.45) is 0 Å². The van der Waals surface area contributed by atoms with Crippen LogP contribution in [-0.2, 0) is 11.0 Å². The maximum atomic E-state index is 12.5. The number of amides is 1. The summed E-state index contributed by atoms with van der Waals surface area (Å²) in [6.45, 7) is 0.765. The number of nitrogens with one attached hydrogen (secondary N) is 2. The van der Waals surface area contributed by atoms with Crippen LogP contribution in [0.25, 0.3) is 0 Å². The molecule has 1 aliphatic heterocycles. The highest BCUT2D eigenvalue weighted by molar-refractivity contribution is 5.94. The van der Waals surface area contributed by atoms with E-state index in [0.29, 0.717) is 6.42 Å². The van der Waals surface area contributed by atoms with E-state index in [1.165, 1.54) is 12.1 Å². The van der Waals surface area contributed by atoms with Crippen molar-refractivity contribution in [2.75, 3.05) is 11.9 Å². The van der Waals surface area contributed by atoms with Crippen LogP contribution in [0.1, 0.15) is 24.8 Å². The number of carbonyl (C=O) groups is 1. The molecular weight excluding hydrogens is 293 g/mol. The van der Waals surface area contributed by atoms with E-state index < -0.39 is 11.7 Å². The van der Waals surface area contributed by atoms with Crippen LogP contribution >= 0.6 is 12.4 Å². The van der Waals surface area contributed by atoms with E-state index in [1.807, 2.05) is 0 Å². The molecular formula is C13H16ClF3N2O. The Morgan fingerprint density at radius 3 is 2.65 bits per heavy atom. The number of hydrogen-bond acceptors (Lipinski definition) is 2. The van der Waals surface area contributed by atoms with Crippen molar-refractivity contribution in [3.63, 3.8) is 0 Å². The maximum Gasteiger partial charge on any atom is 0.416 e. The molecule has 1 aliphatic rings. The summed E-state index contributed by atoms with van der Waals surface area (Å²) >= 11 is 0. The van der Waals surface area contributed by atoms with Crippen LogP contribution in [0.3, 0.4) is 0 Å². The van der Waals surface area contributed by atoms with Crippen molar-refractivity contribution >= 4 is 24.0 Å². The molecule has 1 aromatic carbocycles. The lowest BCUT2D eigenvalue weighted by atomic mass is 10.0. The number of piperidine rings is 1. The second kappa shape index (κ2) is 6.95. The number of alkyl halides is 3. The first kappa shape index (κ1) is 16.8. The standard InChI is InChI=1S/C13H15F3N2O.ClH/c14-13(15,16)9-4-3-5-10(8-9)18-12(19)11-6-1-2-7-17-11;/h3-5,8,11,17H,1-2,6-7H2,(H,18,19);1H/t11-;/m0./s1. The van der Waals surface area contributed by atoms with E-state index in [4.69, 9.17) is 0 Å². The Labute approximate surface area is 121 Å². The summed E-state index contributed by atoms with van der Waals surface area (Å²) in [7, 11) is 0. The van der Waals surface area contributed by atoms with Crippen molar-refractivity contribution < 1.29 is 18.0 Å². The van der Waals surface area contributed by atoms with Gasteiger partial charge in [-0.25, -0.2) is 0 Å². The van der Waals surface area contributed by atoms with E-state index >= 15 is 0 Å². The highest BCUT2D eigenvalue weighted by Crippen LogP contribution is 2.30. The van der Waals surface area contributed by atoms with Crippen molar-refractivity contribution in [2.45, 2.75) is 31.5 Å². The number of carbonyl (C=O) groups excluding carboxylic acids is 1. The number of anilines is 1. The normalized spacial score (nSPS) is 19.1. The van der Waals surface area contributed by atoms with Gasteiger partial charge in [-0.2, -0.15) is 13.2 Å². The number of halogens is 4. The monoisotopic (exact) mass is 308 g/mol. The molecule has 0 spiro atoms. The fourth-order valence-corrected chi connectivity index (χ4v) is 2.08. The van der Waals surface area contributed by atoms with Crippen LogP contribution in [0.4, 0.5) is 18.9 Å². The highest BCUT2D eigenvalue weighted by Gasteiger charge is 2.30.